The van der Waals surface area contributed by atoms with Crippen LogP contribution in [0.15, 0.2) is 0 Å². The molecule has 0 amide bonds. The van der Waals surface area contributed by atoms with Crippen LogP contribution in [0.3, 0.4) is 0 Å². The van der Waals surface area contributed by atoms with Crippen molar-refractivity contribution in [2.45, 2.75) is 66.3 Å². The lowest BCUT2D eigenvalue weighted by Gasteiger charge is -2.36. The summed E-state index contributed by atoms with van der Waals surface area (Å²) in [5.74, 6) is -1.99. The van der Waals surface area contributed by atoms with Gasteiger partial charge in [0.25, 0.3) is 0 Å². The molecule has 0 fully saturated rings. The first-order valence-electron chi connectivity index (χ1n) is 5.46. The highest BCUT2D eigenvalue weighted by molar-refractivity contribution is 4.83. The molecule has 0 aliphatic carbocycles. The quantitative estimate of drug-likeness (QED) is 0.634. The van der Waals surface area contributed by atoms with Crippen molar-refractivity contribution in [2.75, 3.05) is 0 Å². The first-order valence-corrected chi connectivity index (χ1v) is 5.46. The molecule has 0 bridgehead atoms. The molecular weight excluding hydrogens is 192 g/mol. The summed E-state index contributed by atoms with van der Waals surface area (Å²) >= 11 is 0. The monoisotopic (exact) mass is 218 g/mol. The molecule has 0 saturated carbocycles. The van der Waals surface area contributed by atoms with Gasteiger partial charge in [0, 0.05) is 6.42 Å². The zero-order valence-corrected chi connectivity index (χ0v) is 10.8. The van der Waals surface area contributed by atoms with E-state index < -0.39 is 11.9 Å². The van der Waals surface area contributed by atoms with Gasteiger partial charge in [-0.15, -0.1) is 0 Å². The van der Waals surface area contributed by atoms with E-state index in [-0.39, 0.29) is 17.3 Å². The molecule has 92 valence electrons. The van der Waals surface area contributed by atoms with Crippen LogP contribution in [-0.4, -0.2) is 27.2 Å². The fourth-order valence-electron chi connectivity index (χ4n) is 1.64. The molecule has 0 radical (unpaired) electrons. The lowest BCUT2D eigenvalue weighted by Crippen LogP contribution is -2.46. The standard InChI is InChI=1S/C12H26O3/c1-10(2,3)7-9(13)12(14,15)8-11(4,5)6/h9,13-15H,7-8H2,1-6H3. The summed E-state index contributed by atoms with van der Waals surface area (Å²) in [6.07, 6.45) is -0.565. The third-order valence-electron chi connectivity index (χ3n) is 2.13. The molecule has 3 N–H and O–H groups in total. The number of aliphatic hydroxyl groups is 3. The van der Waals surface area contributed by atoms with E-state index in [2.05, 4.69) is 0 Å². The van der Waals surface area contributed by atoms with E-state index in [0.717, 1.165) is 0 Å². The molecule has 0 aliphatic rings. The van der Waals surface area contributed by atoms with Crippen LogP contribution in [0, 0.1) is 10.8 Å². The van der Waals surface area contributed by atoms with Crippen LogP contribution in [0.25, 0.3) is 0 Å². The van der Waals surface area contributed by atoms with Crippen LogP contribution in [0.5, 0.6) is 0 Å². The second kappa shape index (κ2) is 4.40. The Labute approximate surface area is 93.1 Å². The molecule has 0 aromatic heterocycles. The van der Waals surface area contributed by atoms with Gasteiger partial charge in [0.2, 0.25) is 0 Å². The fraction of sp³-hybridized carbons (Fsp3) is 1.00. The van der Waals surface area contributed by atoms with Gasteiger partial charge in [0.15, 0.2) is 5.79 Å². The molecule has 1 atom stereocenters. The van der Waals surface area contributed by atoms with Crippen molar-refractivity contribution >= 4 is 0 Å². The maximum absolute atomic E-state index is 9.79. The summed E-state index contributed by atoms with van der Waals surface area (Å²) in [4.78, 5) is 0. The predicted molar refractivity (Wildman–Crippen MR) is 61.3 cm³/mol. The largest absolute Gasteiger partial charge is 0.388 e. The predicted octanol–water partition coefficient (Wildman–Crippen LogP) is 1.90. The van der Waals surface area contributed by atoms with Gasteiger partial charge in [0.05, 0.1) is 0 Å². The van der Waals surface area contributed by atoms with Crippen molar-refractivity contribution in [1.29, 1.82) is 0 Å². The first kappa shape index (κ1) is 14.9. The van der Waals surface area contributed by atoms with Gasteiger partial charge in [-0.2, -0.15) is 0 Å². The van der Waals surface area contributed by atoms with Gasteiger partial charge < -0.3 is 15.3 Å². The molecule has 15 heavy (non-hydrogen) atoms. The average molecular weight is 218 g/mol. The Balaban J connectivity index is 4.46. The number of hydrogen-bond acceptors (Lipinski definition) is 3. The number of aliphatic hydroxyl groups excluding tert-OH is 1. The maximum atomic E-state index is 9.79. The van der Waals surface area contributed by atoms with Gasteiger partial charge in [-0.3, -0.25) is 0 Å². The molecule has 0 aromatic carbocycles. The molecule has 0 aromatic rings. The van der Waals surface area contributed by atoms with Crippen LogP contribution in [0.1, 0.15) is 54.4 Å². The summed E-state index contributed by atoms with van der Waals surface area (Å²) in [7, 11) is 0. The van der Waals surface area contributed by atoms with Crippen molar-refractivity contribution < 1.29 is 15.3 Å². The normalized spacial score (nSPS) is 16.6. The summed E-state index contributed by atoms with van der Waals surface area (Å²) in [5.41, 5.74) is -0.337. The van der Waals surface area contributed by atoms with Gasteiger partial charge in [-0.05, 0) is 17.3 Å². The third kappa shape index (κ3) is 6.88. The number of rotatable bonds is 3. The van der Waals surface area contributed by atoms with E-state index in [1.165, 1.54) is 0 Å². The van der Waals surface area contributed by atoms with Gasteiger partial charge >= 0.3 is 0 Å². The smallest absolute Gasteiger partial charge is 0.189 e. The lowest BCUT2D eigenvalue weighted by atomic mass is 9.80. The van der Waals surface area contributed by atoms with Gasteiger partial charge in [0.1, 0.15) is 6.10 Å². The minimum Gasteiger partial charge on any atom is -0.388 e. The van der Waals surface area contributed by atoms with Crippen molar-refractivity contribution in [3.63, 3.8) is 0 Å². The Hall–Kier alpha value is -0.120. The average Bonchev–Trinajstić information content (AvgIpc) is 1.75. The second-order valence-electron chi connectivity index (χ2n) is 6.90. The minimum atomic E-state index is -1.99. The molecule has 3 heteroatoms. The molecule has 0 aliphatic heterocycles. The zero-order chi connectivity index (χ0) is 12.5. The van der Waals surface area contributed by atoms with Crippen molar-refractivity contribution in [1.82, 2.24) is 0 Å². The van der Waals surface area contributed by atoms with Crippen molar-refractivity contribution in [3.05, 3.63) is 0 Å². The van der Waals surface area contributed by atoms with Crippen LogP contribution in [0.2, 0.25) is 0 Å². The Kier molecular flexibility index (Phi) is 4.36. The molecule has 0 spiro atoms. The summed E-state index contributed by atoms with van der Waals surface area (Å²) < 4.78 is 0. The lowest BCUT2D eigenvalue weighted by molar-refractivity contribution is -0.245. The Morgan fingerprint density at radius 3 is 1.53 bits per heavy atom. The fourth-order valence-corrected chi connectivity index (χ4v) is 1.64. The molecule has 3 nitrogen and oxygen atoms in total. The summed E-state index contributed by atoms with van der Waals surface area (Å²) in [6, 6.07) is 0. The highest BCUT2D eigenvalue weighted by Gasteiger charge is 2.38. The highest BCUT2D eigenvalue weighted by Crippen LogP contribution is 2.32. The molecular formula is C12H26O3. The zero-order valence-electron chi connectivity index (χ0n) is 10.8. The molecule has 1 unspecified atom stereocenters. The van der Waals surface area contributed by atoms with Crippen molar-refractivity contribution in [2.24, 2.45) is 10.8 Å². The summed E-state index contributed by atoms with van der Waals surface area (Å²) in [5, 5.41) is 29.4. The minimum absolute atomic E-state index is 0.117. The maximum Gasteiger partial charge on any atom is 0.189 e. The topological polar surface area (TPSA) is 60.7 Å². The Morgan fingerprint density at radius 1 is 0.867 bits per heavy atom. The van der Waals surface area contributed by atoms with E-state index in [4.69, 9.17) is 0 Å². The van der Waals surface area contributed by atoms with Crippen molar-refractivity contribution in [3.8, 4) is 0 Å². The third-order valence-corrected chi connectivity index (χ3v) is 2.13. The van der Waals surface area contributed by atoms with Gasteiger partial charge in [-0.25, -0.2) is 0 Å². The Morgan fingerprint density at radius 2 is 1.27 bits per heavy atom. The van der Waals surface area contributed by atoms with E-state index >= 15 is 0 Å². The van der Waals surface area contributed by atoms with Crippen LogP contribution in [0.4, 0.5) is 0 Å². The Bertz CT molecular complexity index is 196. The van der Waals surface area contributed by atoms with Crippen LogP contribution >= 0.6 is 0 Å². The SMILES string of the molecule is CC(C)(C)CC(O)C(O)(O)CC(C)(C)C. The van der Waals surface area contributed by atoms with Gasteiger partial charge in [-0.1, -0.05) is 41.5 Å². The van der Waals surface area contributed by atoms with E-state index in [1.807, 2.05) is 41.5 Å². The summed E-state index contributed by atoms with van der Waals surface area (Å²) in [6.45, 7) is 11.6. The number of hydrogen-bond donors (Lipinski definition) is 3. The molecule has 0 heterocycles. The molecule has 0 rings (SSSR count). The van der Waals surface area contributed by atoms with Crippen LogP contribution in [-0.2, 0) is 0 Å². The van der Waals surface area contributed by atoms with Crippen LogP contribution < -0.4 is 0 Å². The molecule has 0 saturated heterocycles. The van der Waals surface area contributed by atoms with E-state index in [9.17, 15) is 15.3 Å². The second-order valence-corrected chi connectivity index (χ2v) is 6.90. The van der Waals surface area contributed by atoms with E-state index in [0.29, 0.717) is 6.42 Å². The first-order chi connectivity index (χ1) is 6.33. The van der Waals surface area contributed by atoms with E-state index in [1.54, 1.807) is 0 Å². The highest BCUT2D eigenvalue weighted by atomic mass is 16.5.